The van der Waals surface area contributed by atoms with E-state index in [0.717, 1.165) is 31.5 Å². The summed E-state index contributed by atoms with van der Waals surface area (Å²) in [5.74, 6) is 0.398. The average Bonchev–Trinajstić information content (AvgIpc) is 2.38. The van der Waals surface area contributed by atoms with Crippen molar-refractivity contribution in [3.8, 4) is 0 Å². The predicted molar refractivity (Wildman–Crippen MR) is 80.4 cm³/mol. The van der Waals surface area contributed by atoms with Crippen molar-refractivity contribution in [1.29, 1.82) is 0 Å². The van der Waals surface area contributed by atoms with Crippen LogP contribution in [0.15, 0.2) is 18.2 Å². The highest BCUT2D eigenvalue weighted by Gasteiger charge is 2.25. The van der Waals surface area contributed by atoms with Gasteiger partial charge in [0.25, 0.3) is 0 Å². The molecule has 0 saturated carbocycles. The number of hydrogen-bond acceptors (Lipinski definition) is 2. The molecular formula is C17H27NO. The molecule has 0 aliphatic carbocycles. The lowest BCUT2D eigenvalue weighted by molar-refractivity contribution is 0.0882. The Balaban J connectivity index is 2.27. The predicted octanol–water partition coefficient (Wildman–Crippen LogP) is 3.33. The lowest BCUT2D eigenvalue weighted by Gasteiger charge is -2.29. The number of aryl methyl sites for hydroxylation is 1. The summed E-state index contributed by atoms with van der Waals surface area (Å²) in [4.78, 5) is 0. The van der Waals surface area contributed by atoms with E-state index in [9.17, 15) is 5.11 Å². The third kappa shape index (κ3) is 3.37. The molecule has 2 heteroatoms. The highest BCUT2D eigenvalue weighted by Crippen LogP contribution is 2.33. The minimum absolute atomic E-state index is 0.135. The van der Waals surface area contributed by atoms with Gasteiger partial charge in [0.05, 0.1) is 6.10 Å². The molecule has 0 bridgehead atoms. The van der Waals surface area contributed by atoms with Crippen LogP contribution in [0.5, 0.6) is 0 Å². The molecule has 2 N–H and O–H groups in total. The topological polar surface area (TPSA) is 32.3 Å². The first-order chi connectivity index (χ1) is 8.89. The zero-order chi connectivity index (χ0) is 14.0. The Kier molecular flexibility index (Phi) is 4.32. The summed E-state index contributed by atoms with van der Waals surface area (Å²) in [6, 6.07) is 6.55. The second kappa shape index (κ2) is 5.64. The number of benzene rings is 1. The van der Waals surface area contributed by atoms with Gasteiger partial charge in [0.15, 0.2) is 0 Å². The molecule has 1 aliphatic rings. The Morgan fingerprint density at radius 2 is 1.84 bits per heavy atom. The number of piperidine rings is 1. The Morgan fingerprint density at radius 3 is 2.42 bits per heavy atom. The fraction of sp³-hybridized carbons (Fsp3) is 0.647. The number of rotatable bonds is 2. The number of hydrogen-bond donors (Lipinski definition) is 2. The van der Waals surface area contributed by atoms with Gasteiger partial charge in [-0.3, -0.25) is 0 Å². The molecule has 2 nitrogen and oxygen atoms in total. The molecule has 1 saturated heterocycles. The summed E-state index contributed by atoms with van der Waals surface area (Å²) in [7, 11) is 0. The molecule has 1 fully saturated rings. The van der Waals surface area contributed by atoms with E-state index in [1.807, 2.05) is 0 Å². The average molecular weight is 261 g/mol. The summed E-state index contributed by atoms with van der Waals surface area (Å²) in [6.07, 6.45) is 1.82. The van der Waals surface area contributed by atoms with Gasteiger partial charge in [0.2, 0.25) is 0 Å². The molecule has 0 amide bonds. The molecule has 19 heavy (non-hydrogen) atoms. The number of aliphatic hydroxyl groups excluding tert-OH is 1. The molecule has 1 heterocycles. The summed E-state index contributed by atoms with van der Waals surface area (Å²) in [5.41, 5.74) is 3.77. The maximum absolute atomic E-state index is 10.7. The van der Waals surface area contributed by atoms with Crippen LogP contribution in [-0.2, 0) is 5.41 Å². The van der Waals surface area contributed by atoms with Gasteiger partial charge in [0.1, 0.15) is 0 Å². The molecule has 0 spiro atoms. The highest BCUT2D eigenvalue weighted by molar-refractivity contribution is 5.36. The van der Waals surface area contributed by atoms with E-state index in [4.69, 9.17) is 0 Å². The van der Waals surface area contributed by atoms with Crippen LogP contribution in [0.25, 0.3) is 0 Å². The van der Waals surface area contributed by atoms with Crippen molar-refractivity contribution in [3.05, 3.63) is 34.9 Å². The first-order valence-corrected chi connectivity index (χ1v) is 7.39. The summed E-state index contributed by atoms with van der Waals surface area (Å²) in [5, 5.41) is 14.0. The molecular weight excluding hydrogens is 234 g/mol. The molecule has 1 atom stereocenters. The Bertz CT molecular complexity index is 427. The van der Waals surface area contributed by atoms with Crippen molar-refractivity contribution in [1.82, 2.24) is 5.32 Å². The van der Waals surface area contributed by atoms with Crippen molar-refractivity contribution in [2.75, 3.05) is 13.1 Å². The zero-order valence-electron chi connectivity index (χ0n) is 12.7. The third-order valence-corrected chi connectivity index (χ3v) is 4.29. The SMILES string of the molecule is Cc1ccc(C(C)(C)C)cc1C(O)C1CCNCC1. The van der Waals surface area contributed by atoms with Crippen molar-refractivity contribution < 1.29 is 5.11 Å². The Hall–Kier alpha value is -0.860. The summed E-state index contributed by atoms with van der Waals surface area (Å²) < 4.78 is 0. The lowest BCUT2D eigenvalue weighted by atomic mass is 9.81. The van der Waals surface area contributed by atoms with E-state index in [0.29, 0.717) is 5.92 Å². The molecule has 1 aromatic carbocycles. The quantitative estimate of drug-likeness (QED) is 0.856. The lowest BCUT2D eigenvalue weighted by Crippen LogP contribution is -2.31. The first kappa shape index (κ1) is 14.5. The van der Waals surface area contributed by atoms with E-state index >= 15 is 0 Å². The van der Waals surface area contributed by atoms with Gasteiger partial charge in [-0.1, -0.05) is 39.0 Å². The van der Waals surface area contributed by atoms with Crippen molar-refractivity contribution in [3.63, 3.8) is 0 Å². The molecule has 0 aromatic heterocycles. The van der Waals surface area contributed by atoms with Crippen LogP contribution in [0.2, 0.25) is 0 Å². The van der Waals surface area contributed by atoms with Gasteiger partial charge in [0, 0.05) is 0 Å². The third-order valence-electron chi connectivity index (χ3n) is 4.29. The van der Waals surface area contributed by atoms with Crippen LogP contribution in [0.4, 0.5) is 0 Å². The minimum Gasteiger partial charge on any atom is -0.388 e. The second-order valence-electron chi connectivity index (χ2n) is 6.85. The maximum Gasteiger partial charge on any atom is 0.0821 e. The molecule has 1 unspecified atom stereocenters. The van der Waals surface area contributed by atoms with Crippen LogP contribution >= 0.6 is 0 Å². The largest absolute Gasteiger partial charge is 0.388 e. The van der Waals surface area contributed by atoms with E-state index in [2.05, 4.69) is 51.2 Å². The molecule has 2 rings (SSSR count). The standard InChI is InChI=1S/C17H27NO/c1-12-5-6-14(17(2,3)4)11-15(12)16(19)13-7-9-18-10-8-13/h5-6,11,13,16,18-19H,7-10H2,1-4H3. The summed E-state index contributed by atoms with van der Waals surface area (Å²) >= 11 is 0. The van der Waals surface area contributed by atoms with Crippen molar-refractivity contribution >= 4 is 0 Å². The smallest absolute Gasteiger partial charge is 0.0821 e. The van der Waals surface area contributed by atoms with E-state index in [1.165, 1.54) is 11.1 Å². The van der Waals surface area contributed by atoms with Gasteiger partial charge < -0.3 is 10.4 Å². The van der Waals surface area contributed by atoms with E-state index < -0.39 is 0 Å². The molecule has 1 aliphatic heterocycles. The van der Waals surface area contributed by atoms with Gasteiger partial charge in [-0.2, -0.15) is 0 Å². The first-order valence-electron chi connectivity index (χ1n) is 7.39. The number of nitrogens with one attached hydrogen (secondary N) is 1. The van der Waals surface area contributed by atoms with Crippen LogP contribution in [0.1, 0.15) is 56.4 Å². The Morgan fingerprint density at radius 1 is 1.21 bits per heavy atom. The van der Waals surface area contributed by atoms with Gasteiger partial charge in [-0.25, -0.2) is 0 Å². The van der Waals surface area contributed by atoms with Gasteiger partial charge in [-0.05, 0) is 60.9 Å². The molecule has 106 valence electrons. The number of aliphatic hydroxyl groups is 1. The van der Waals surface area contributed by atoms with Crippen LogP contribution in [0.3, 0.4) is 0 Å². The van der Waals surface area contributed by atoms with Crippen LogP contribution in [-0.4, -0.2) is 18.2 Å². The Labute approximate surface area is 117 Å². The monoisotopic (exact) mass is 261 g/mol. The van der Waals surface area contributed by atoms with Crippen molar-refractivity contribution in [2.45, 2.75) is 52.1 Å². The zero-order valence-corrected chi connectivity index (χ0v) is 12.7. The molecule has 0 radical (unpaired) electrons. The van der Waals surface area contributed by atoms with Gasteiger partial charge >= 0.3 is 0 Å². The van der Waals surface area contributed by atoms with E-state index in [-0.39, 0.29) is 11.5 Å². The highest BCUT2D eigenvalue weighted by atomic mass is 16.3. The van der Waals surface area contributed by atoms with Gasteiger partial charge in [-0.15, -0.1) is 0 Å². The normalized spacial score (nSPS) is 19.4. The van der Waals surface area contributed by atoms with Crippen molar-refractivity contribution in [2.24, 2.45) is 5.92 Å². The summed E-state index contributed by atoms with van der Waals surface area (Å²) in [6.45, 7) is 10.8. The van der Waals surface area contributed by atoms with Crippen LogP contribution < -0.4 is 5.32 Å². The second-order valence-corrected chi connectivity index (χ2v) is 6.85. The maximum atomic E-state index is 10.7. The fourth-order valence-corrected chi connectivity index (χ4v) is 2.84. The minimum atomic E-state index is -0.315. The van der Waals surface area contributed by atoms with E-state index in [1.54, 1.807) is 0 Å². The fourth-order valence-electron chi connectivity index (χ4n) is 2.84. The molecule has 1 aromatic rings. The van der Waals surface area contributed by atoms with Crippen LogP contribution in [0, 0.1) is 12.8 Å².